The van der Waals surface area contributed by atoms with E-state index in [4.69, 9.17) is 18.9 Å². The molecule has 0 atom stereocenters. The minimum Gasteiger partial charge on any atom is -0.497 e. The highest BCUT2D eigenvalue weighted by molar-refractivity contribution is 5.77. The number of carbonyl (C=O) groups excluding carboxylic acids is 1. The summed E-state index contributed by atoms with van der Waals surface area (Å²) < 4.78 is 21.1. The summed E-state index contributed by atoms with van der Waals surface area (Å²) >= 11 is 0. The van der Waals surface area contributed by atoms with Crippen LogP contribution in [0.5, 0.6) is 23.0 Å². The van der Waals surface area contributed by atoms with Gasteiger partial charge in [0, 0.05) is 12.6 Å². The number of hydrogen-bond donors (Lipinski definition) is 1. The quantitative estimate of drug-likeness (QED) is 0.843. The Balaban J connectivity index is 1.41. The molecule has 0 aliphatic carbocycles. The summed E-state index contributed by atoms with van der Waals surface area (Å²) in [4.78, 5) is 11.8. The summed E-state index contributed by atoms with van der Waals surface area (Å²) in [7, 11) is 1.63. The molecule has 0 fully saturated rings. The average Bonchev–Trinajstić information content (AvgIpc) is 3.08. The van der Waals surface area contributed by atoms with Crippen LogP contribution >= 0.6 is 0 Å². The third-order valence-electron chi connectivity index (χ3n) is 3.58. The summed E-state index contributed by atoms with van der Waals surface area (Å²) in [6.45, 7) is 0.706. The fourth-order valence-electron chi connectivity index (χ4n) is 2.34. The second kappa shape index (κ2) is 7.59. The Labute approximate surface area is 140 Å². The molecule has 0 radical (unpaired) electrons. The predicted molar refractivity (Wildman–Crippen MR) is 87.8 cm³/mol. The maximum absolute atomic E-state index is 11.8. The number of nitrogens with one attached hydrogen (secondary N) is 1. The molecule has 0 saturated heterocycles. The lowest BCUT2D eigenvalue weighted by Gasteiger charge is -2.08. The van der Waals surface area contributed by atoms with Crippen LogP contribution in [-0.2, 0) is 11.2 Å². The molecule has 1 aliphatic rings. The van der Waals surface area contributed by atoms with Crippen molar-refractivity contribution < 1.29 is 23.7 Å². The minimum absolute atomic E-state index is 0.0439. The van der Waals surface area contributed by atoms with E-state index in [1.165, 1.54) is 0 Å². The van der Waals surface area contributed by atoms with Crippen LogP contribution in [0, 0.1) is 0 Å². The first-order valence-electron chi connectivity index (χ1n) is 7.66. The Morgan fingerprint density at radius 2 is 2.00 bits per heavy atom. The van der Waals surface area contributed by atoms with Gasteiger partial charge in [-0.25, -0.2) is 0 Å². The lowest BCUT2D eigenvalue weighted by molar-refractivity contribution is -0.123. The molecule has 0 aromatic heterocycles. The van der Waals surface area contributed by atoms with Gasteiger partial charge < -0.3 is 24.3 Å². The Hall–Kier alpha value is -2.89. The van der Waals surface area contributed by atoms with Crippen molar-refractivity contribution in [2.45, 2.75) is 6.42 Å². The molecule has 0 saturated carbocycles. The molecular weight excluding hydrogens is 310 g/mol. The van der Waals surface area contributed by atoms with Gasteiger partial charge in [0.1, 0.15) is 11.5 Å². The zero-order chi connectivity index (χ0) is 16.8. The number of benzene rings is 2. The zero-order valence-corrected chi connectivity index (χ0v) is 13.4. The predicted octanol–water partition coefficient (Wildman–Crippen LogP) is 2.16. The minimum atomic E-state index is -0.171. The summed E-state index contributed by atoms with van der Waals surface area (Å²) in [5.41, 5.74) is 1.10. The van der Waals surface area contributed by atoms with E-state index in [0.717, 1.165) is 17.7 Å². The summed E-state index contributed by atoms with van der Waals surface area (Å²) in [6.07, 6.45) is 0.729. The fourth-order valence-corrected chi connectivity index (χ4v) is 2.34. The normalized spacial score (nSPS) is 11.9. The summed E-state index contributed by atoms with van der Waals surface area (Å²) in [5.74, 6) is 2.53. The van der Waals surface area contributed by atoms with Gasteiger partial charge in [0.2, 0.25) is 6.79 Å². The first-order valence-corrected chi connectivity index (χ1v) is 7.66. The molecule has 2 aromatic rings. The van der Waals surface area contributed by atoms with Gasteiger partial charge in [-0.05, 0) is 36.2 Å². The SMILES string of the molecule is COc1cccc(CCNC(=O)COc2ccc3c(c2)OCO3)c1. The molecule has 24 heavy (non-hydrogen) atoms. The number of methoxy groups -OCH3 is 1. The van der Waals surface area contributed by atoms with Gasteiger partial charge >= 0.3 is 0 Å². The smallest absolute Gasteiger partial charge is 0.257 e. The molecular formula is C18H19NO5. The molecule has 126 valence electrons. The standard InChI is InChI=1S/C18H19NO5/c1-21-14-4-2-3-13(9-14)7-8-19-18(20)11-22-15-5-6-16-17(10-15)24-12-23-16/h2-6,9-10H,7-8,11-12H2,1H3,(H,19,20). The van der Waals surface area contributed by atoms with Crippen molar-refractivity contribution in [3.05, 3.63) is 48.0 Å². The highest BCUT2D eigenvalue weighted by atomic mass is 16.7. The Morgan fingerprint density at radius 3 is 2.88 bits per heavy atom. The number of amides is 1. The van der Waals surface area contributed by atoms with E-state index in [1.54, 1.807) is 25.3 Å². The van der Waals surface area contributed by atoms with E-state index < -0.39 is 0 Å². The number of hydrogen-bond acceptors (Lipinski definition) is 5. The second-order valence-corrected chi connectivity index (χ2v) is 5.26. The van der Waals surface area contributed by atoms with Crippen LogP contribution < -0.4 is 24.3 Å². The highest BCUT2D eigenvalue weighted by Crippen LogP contribution is 2.34. The van der Waals surface area contributed by atoms with Crippen molar-refractivity contribution in [3.8, 4) is 23.0 Å². The van der Waals surface area contributed by atoms with Crippen LogP contribution in [-0.4, -0.2) is 33.0 Å². The fraction of sp³-hybridized carbons (Fsp3) is 0.278. The first kappa shape index (κ1) is 16.0. The Morgan fingerprint density at radius 1 is 1.12 bits per heavy atom. The van der Waals surface area contributed by atoms with Crippen LogP contribution in [0.2, 0.25) is 0 Å². The van der Waals surface area contributed by atoms with Crippen molar-refractivity contribution >= 4 is 5.91 Å². The molecule has 0 unspecified atom stereocenters. The lowest BCUT2D eigenvalue weighted by Crippen LogP contribution is -2.30. The first-order chi connectivity index (χ1) is 11.7. The zero-order valence-electron chi connectivity index (χ0n) is 13.4. The van der Waals surface area contributed by atoms with Gasteiger partial charge in [-0.2, -0.15) is 0 Å². The van der Waals surface area contributed by atoms with E-state index in [2.05, 4.69) is 5.32 Å². The molecule has 1 N–H and O–H groups in total. The van der Waals surface area contributed by atoms with Gasteiger partial charge in [-0.3, -0.25) is 4.79 Å². The van der Waals surface area contributed by atoms with E-state index in [-0.39, 0.29) is 19.3 Å². The van der Waals surface area contributed by atoms with Gasteiger partial charge in [-0.1, -0.05) is 12.1 Å². The van der Waals surface area contributed by atoms with Crippen molar-refractivity contribution in [2.75, 3.05) is 27.1 Å². The van der Waals surface area contributed by atoms with Crippen LogP contribution in [0.25, 0.3) is 0 Å². The molecule has 3 rings (SSSR count). The number of ether oxygens (including phenoxy) is 4. The van der Waals surface area contributed by atoms with Gasteiger partial charge in [0.25, 0.3) is 5.91 Å². The number of fused-ring (bicyclic) bond motifs is 1. The number of rotatable bonds is 7. The van der Waals surface area contributed by atoms with Crippen molar-refractivity contribution in [3.63, 3.8) is 0 Å². The molecule has 1 heterocycles. The second-order valence-electron chi connectivity index (χ2n) is 5.26. The van der Waals surface area contributed by atoms with Crippen molar-refractivity contribution in [1.29, 1.82) is 0 Å². The van der Waals surface area contributed by atoms with Crippen LogP contribution in [0.3, 0.4) is 0 Å². The summed E-state index contributed by atoms with van der Waals surface area (Å²) in [5, 5.41) is 2.83. The van der Waals surface area contributed by atoms with Gasteiger partial charge in [0.05, 0.1) is 7.11 Å². The lowest BCUT2D eigenvalue weighted by atomic mass is 10.1. The summed E-state index contributed by atoms with van der Waals surface area (Å²) in [6, 6.07) is 13.0. The van der Waals surface area contributed by atoms with Gasteiger partial charge in [-0.15, -0.1) is 0 Å². The maximum atomic E-state index is 11.8. The molecule has 1 amide bonds. The average molecular weight is 329 g/mol. The van der Waals surface area contributed by atoms with Crippen LogP contribution in [0.15, 0.2) is 42.5 Å². The third kappa shape index (κ3) is 4.10. The van der Waals surface area contributed by atoms with Crippen LogP contribution in [0.1, 0.15) is 5.56 Å². The topological polar surface area (TPSA) is 66.0 Å². The van der Waals surface area contributed by atoms with E-state index in [1.807, 2.05) is 24.3 Å². The molecule has 6 heteroatoms. The monoisotopic (exact) mass is 329 g/mol. The molecule has 0 spiro atoms. The Kier molecular flexibility index (Phi) is 5.05. The maximum Gasteiger partial charge on any atom is 0.257 e. The van der Waals surface area contributed by atoms with Crippen molar-refractivity contribution in [2.24, 2.45) is 0 Å². The largest absolute Gasteiger partial charge is 0.497 e. The van der Waals surface area contributed by atoms with E-state index in [9.17, 15) is 4.79 Å². The molecule has 2 aromatic carbocycles. The molecule has 1 aliphatic heterocycles. The third-order valence-corrected chi connectivity index (χ3v) is 3.58. The van der Waals surface area contributed by atoms with Gasteiger partial charge in [0.15, 0.2) is 18.1 Å². The van der Waals surface area contributed by atoms with Crippen LogP contribution in [0.4, 0.5) is 0 Å². The van der Waals surface area contributed by atoms with E-state index in [0.29, 0.717) is 23.8 Å². The Bertz CT molecular complexity index is 716. The number of carbonyl (C=O) groups is 1. The molecule has 0 bridgehead atoms. The highest BCUT2D eigenvalue weighted by Gasteiger charge is 2.14. The van der Waals surface area contributed by atoms with E-state index >= 15 is 0 Å². The molecule has 6 nitrogen and oxygen atoms in total. The van der Waals surface area contributed by atoms with Crippen molar-refractivity contribution in [1.82, 2.24) is 5.32 Å².